The van der Waals surface area contributed by atoms with Gasteiger partial charge in [-0.05, 0) is 18.1 Å². The second-order valence-electron chi connectivity index (χ2n) is 7.65. The molecule has 0 saturated carbocycles. The van der Waals surface area contributed by atoms with Crippen LogP contribution in [0.15, 0.2) is 18.2 Å². The van der Waals surface area contributed by atoms with E-state index < -0.39 is 48.1 Å². The first-order valence-electron chi connectivity index (χ1n) is 9.36. The number of piperidine rings is 1. The average Bonchev–Trinajstić information content (AvgIpc) is 3.09. The zero-order valence-corrected chi connectivity index (χ0v) is 15.5. The van der Waals surface area contributed by atoms with Gasteiger partial charge in [-0.15, -0.1) is 0 Å². The Morgan fingerprint density at radius 1 is 1.17 bits per heavy atom. The summed E-state index contributed by atoms with van der Waals surface area (Å²) >= 11 is 0. The van der Waals surface area contributed by atoms with Gasteiger partial charge in [0.25, 0.3) is 17.7 Å². The number of alkyl halides is 2. The van der Waals surface area contributed by atoms with Gasteiger partial charge >= 0.3 is 0 Å². The number of fused-ring (bicyclic) bond motifs is 1. The Hall–Kier alpha value is -2.72. The van der Waals surface area contributed by atoms with Crippen LogP contribution in [0.3, 0.4) is 0 Å². The number of rotatable bonds is 4. The van der Waals surface area contributed by atoms with Crippen LogP contribution in [-0.2, 0) is 16.1 Å². The topological polar surface area (TPSA) is 113 Å². The predicted molar refractivity (Wildman–Crippen MR) is 95.9 cm³/mol. The van der Waals surface area contributed by atoms with Gasteiger partial charge in [0.2, 0.25) is 11.8 Å². The van der Waals surface area contributed by atoms with Crippen LogP contribution >= 0.6 is 0 Å². The van der Waals surface area contributed by atoms with Gasteiger partial charge in [-0.1, -0.05) is 12.1 Å². The van der Waals surface area contributed by atoms with Crippen molar-refractivity contribution >= 4 is 23.6 Å². The molecule has 2 saturated heterocycles. The normalized spacial score (nSPS) is 26.8. The van der Waals surface area contributed by atoms with Gasteiger partial charge in [-0.25, -0.2) is 8.78 Å². The van der Waals surface area contributed by atoms with Crippen LogP contribution in [0.1, 0.15) is 39.1 Å². The van der Waals surface area contributed by atoms with E-state index in [9.17, 15) is 28.0 Å². The van der Waals surface area contributed by atoms with Crippen LogP contribution in [-0.4, -0.2) is 65.0 Å². The lowest BCUT2D eigenvalue weighted by molar-refractivity contribution is -0.136. The van der Waals surface area contributed by atoms with Crippen molar-refractivity contribution in [3.05, 3.63) is 34.9 Å². The molecule has 2 atom stereocenters. The number of nitrogens with one attached hydrogen (secondary N) is 1. The summed E-state index contributed by atoms with van der Waals surface area (Å²) in [6.45, 7) is -0.460. The second-order valence-corrected chi connectivity index (χ2v) is 7.65. The molecule has 0 bridgehead atoms. The van der Waals surface area contributed by atoms with Crippen molar-refractivity contribution in [1.82, 2.24) is 15.1 Å². The zero-order valence-electron chi connectivity index (χ0n) is 15.5. The van der Waals surface area contributed by atoms with Crippen molar-refractivity contribution in [1.29, 1.82) is 0 Å². The van der Waals surface area contributed by atoms with Crippen LogP contribution < -0.4 is 11.1 Å². The number of amides is 4. The van der Waals surface area contributed by atoms with Crippen LogP contribution in [0.4, 0.5) is 8.78 Å². The molecule has 29 heavy (non-hydrogen) atoms. The Labute approximate surface area is 165 Å². The van der Waals surface area contributed by atoms with Gasteiger partial charge in [0.05, 0.1) is 17.7 Å². The Kier molecular flexibility index (Phi) is 4.70. The summed E-state index contributed by atoms with van der Waals surface area (Å²) in [6.07, 6.45) is 0.0853. The fourth-order valence-corrected chi connectivity index (χ4v) is 4.26. The molecule has 0 spiro atoms. The van der Waals surface area contributed by atoms with Gasteiger partial charge in [-0.3, -0.25) is 34.3 Å². The lowest BCUT2D eigenvalue weighted by atomic mass is 10.0. The summed E-state index contributed by atoms with van der Waals surface area (Å²) in [5, 5.41) is 2.14. The number of nitrogens with two attached hydrogens (primary N) is 1. The molecule has 4 rings (SSSR count). The molecule has 1 aromatic carbocycles. The fraction of sp³-hybridized carbons (Fsp3) is 0.474. The first kappa shape index (κ1) is 19.6. The maximum Gasteiger partial charge on any atom is 0.265 e. The predicted octanol–water partition coefficient (Wildman–Crippen LogP) is 0.114. The van der Waals surface area contributed by atoms with E-state index in [-0.39, 0.29) is 43.6 Å². The Morgan fingerprint density at radius 3 is 2.59 bits per heavy atom. The van der Waals surface area contributed by atoms with E-state index in [0.717, 1.165) is 4.90 Å². The highest BCUT2D eigenvalue weighted by Gasteiger charge is 2.48. The van der Waals surface area contributed by atoms with E-state index >= 15 is 0 Å². The van der Waals surface area contributed by atoms with Crippen molar-refractivity contribution in [3.63, 3.8) is 0 Å². The third kappa shape index (κ3) is 3.22. The summed E-state index contributed by atoms with van der Waals surface area (Å²) in [5.74, 6) is -6.28. The molecular formula is C19H20F2N4O4. The van der Waals surface area contributed by atoms with E-state index in [2.05, 4.69) is 5.32 Å². The lowest BCUT2D eigenvalue weighted by Gasteiger charge is -2.28. The zero-order chi connectivity index (χ0) is 20.9. The van der Waals surface area contributed by atoms with Crippen molar-refractivity contribution in [2.75, 3.05) is 19.6 Å². The summed E-state index contributed by atoms with van der Waals surface area (Å²) in [5.41, 5.74) is 6.16. The molecule has 3 heterocycles. The molecule has 10 heteroatoms. The SMILES string of the molecule is NCC1CN(Cc2cccc3c2C(=O)N(C2CCC(=O)NC2=O)C3=O)CC1(F)F. The fourth-order valence-electron chi connectivity index (χ4n) is 4.26. The van der Waals surface area contributed by atoms with Crippen LogP contribution in [0.2, 0.25) is 0 Å². The number of nitrogens with zero attached hydrogens (tertiary/aromatic N) is 2. The molecule has 0 aromatic heterocycles. The molecule has 4 amide bonds. The van der Waals surface area contributed by atoms with Crippen molar-refractivity contribution < 1.29 is 28.0 Å². The molecule has 154 valence electrons. The minimum atomic E-state index is -2.91. The third-order valence-corrected chi connectivity index (χ3v) is 5.74. The maximum atomic E-state index is 14.0. The Balaban J connectivity index is 1.60. The molecule has 3 aliphatic heterocycles. The molecular weight excluding hydrogens is 386 g/mol. The van der Waals surface area contributed by atoms with Crippen molar-refractivity contribution in [2.24, 2.45) is 11.7 Å². The molecule has 8 nitrogen and oxygen atoms in total. The number of benzene rings is 1. The van der Waals surface area contributed by atoms with Crippen molar-refractivity contribution in [2.45, 2.75) is 31.4 Å². The number of hydrogen-bond acceptors (Lipinski definition) is 6. The lowest BCUT2D eigenvalue weighted by Crippen LogP contribution is -2.54. The number of hydrogen-bond donors (Lipinski definition) is 2. The highest BCUT2D eigenvalue weighted by atomic mass is 19.3. The Morgan fingerprint density at radius 2 is 1.93 bits per heavy atom. The maximum absolute atomic E-state index is 14.0. The van der Waals surface area contributed by atoms with Gasteiger partial charge in [0.15, 0.2) is 0 Å². The summed E-state index contributed by atoms with van der Waals surface area (Å²) in [4.78, 5) is 51.8. The van der Waals surface area contributed by atoms with E-state index in [0.29, 0.717) is 5.56 Å². The molecule has 3 aliphatic rings. The molecule has 0 aliphatic carbocycles. The minimum absolute atomic E-state index is 0.0278. The minimum Gasteiger partial charge on any atom is -0.330 e. The van der Waals surface area contributed by atoms with E-state index in [1.165, 1.54) is 11.0 Å². The van der Waals surface area contributed by atoms with E-state index in [4.69, 9.17) is 5.73 Å². The third-order valence-electron chi connectivity index (χ3n) is 5.74. The molecule has 1 aromatic rings. The van der Waals surface area contributed by atoms with Gasteiger partial charge < -0.3 is 5.73 Å². The average molecular weight is 406 g/mol. The first-order valence-corrected chi connectivity index (χ1v) is 9.36. The number of likely N-dealkylation sites (tertiary alicyclic amines) is 1. The van der Waals surface area contributed by atoms with E-state index in [1.807, 2.05) is 0 Å². The van der Waals surface area contributed by atoms with Crippen LogP contribution in [0.25, 0.3) is 0 Å². The quantitative estimate of drug-likeness (QED) is 0.687. The van der Waals surface area contributed by atoms with E-state index in [1.54, 1.807) is 12.1 Å². The van der Waals surface area contributed by atoms with Crippen LogP contribution in [0, 0.1) is 5.92 Å². The number of carbonyl (C=O) groups excluding carboxylic acids is 4. The van der Waals surface area contributed by atoms with Gasteiger partial charge in [0.1, 0.15) is 6.04 Å². The highest BCUT2D eigenvalue weighted by Crippen LogP contribution is 2.35. The van der Waals surface area contributed by atoms with Gasteiger partial charge in [-0.2, -0.15) is 0 Å². The largest absolute Gasteiger partial charge is 0.330 e. The number of halogens is 2. The number of imide groups is 2. The van der Waals surface area contributed by atoms with Gasteiger partial charge in [0, 0.05) is 32.0 Å². The van der Waals surface area contributed by atoms with Crippen LogP contribution in [0.5, 0.6) is 0 Å². The standard InChI is InChI=1S/C19H20F2N4O4/c20-19(21)9-24(8-11(19)6-22)7-10-2-1-3-12-15(10)18(29)25(17(12)28)13-4-5-14(26)23-16(13)27/h1-3,11,13H,4-9,22H2,(H,23,26,27). The second kappa shape index (κ2) is 6.96. The molecule has 0 radical (unpaired) electrons. The number of carbonyl (C=O) groups is 4. The molecule has 2 fully saturated rings. The summed E-state index contributed by atoms with van der Waals surface area (Å²) in [7, 11) is 0. The highest BCUT2D eigenvalue weighted by molar-refractivity contribution is 6.24. The summed E-state index contributed by atoms with van der Waals surface area (Å²) in [6, 6.07) is 3.62. The summed E-state index contributed by atoms with van der Waals surface area (Å²) < 4.78 is 28.1. The molecule has 2 unspecified atom stereocenters. The first-order chi connectivity index (χ1) is 13.7. The van der Waals surface area contributed by atoms with Crippen molar-refractivity contribution in [3.8, 4) is 0 Å². The smallest absolute Gasteiger partial charge is 0.265 e. The monoisotopic (exact) mass is 406 g/mol. The molecule has 3 N–H and O–H groups in total. The Bertz CT molecular complexity index is 919.